The average molecular weight is 218 g/mol. The van der Waals surface area contributed by atoms with Gasteiger partial charge in [-0.05, 0) is 12.1 Å². The number of nitrogen functional groups attached to an aromatic ring is 1. The molecular weight excluding hydrogens is 208 g/mol. The summed E-state index contributed by atoms with van der Waals surface area (Å²) in [4.78, 5) is 7.86. The second-order valence-corrected chi connectivity index (χ2v) is 3.02. The smallest absolute Gasteiger partial charge is 0.232 e. The number of amidine groups is 1. The van der Waals surface area contributed by atoms with Crippen LogP contribution in [0.25, 0.3) is 0 Å². The van der Waals surface area contributed by atoms with Gasteiger partial charge in [0.15, 0.2) is 0 Å². The number of hydrogen-bond acceptors (Lipinski definition) is 5. The Labute approximate surface area is 91.6 Å². The number of furan rings is 1. The second-order valence-electron chi connectivity index (χ2n) is 3.02. The van der Waals surface area contributed by atoms with Crippen LogP contribution < -0.4 is 10.5 Å². The van der Waals surface area contributed by atoms with Crippen molar-refractivity contribution >= 4 is 5.84 Å². The molecule has 16 heavy (non-hydrogen) atoms. The first kappa shape index (κ1) is 10.2. The maximum absolute atomic E-state index is 7.14. The number of rotatable bonds is 4. The lowest BCUT2D eigenvalue weighted by Gasteiger charge is -2.02. The van der Waals surface area contributed by atoms with E-state index in [0.29, 0.717) is 23.9 Å². The Balaban J connectivity index is 1.98. The van der Waals surface area contributed by atoms with Gasteiger partial charge in [0.1, 0.15) is 23.9 Å². The summed E-state index contributed by atoms with van der Waals surface area (Å²) in [6.45, 7) is 0.293. The minimum atomic E-state index is -0.120. The van der Waals surface area contributed by atoms with Gasteiger partial charge in [-0.2, -0.15) is 0 Å². The minimum absolute atomic E-state index is 0.120. The lowest BCUT2D eigenvalue weighted by atomic mass is 10.4. The maximum Gasteiger partial charge on any atom is 0.232 e. The molecular formula is C10H10N4O2. The molecule has 0 atom stereocenters. The van der Waals surface area contributed by atoms with E-state index < -0.39 is 0 Å². The van der Waals surface area contributed by atoms with Crippen LogP contribution in [0.2, 0.25) is 0 Å². The Bertz CT molecular complexity index is 464. The number of ether oxygens (including phenoxy) is 1. The Kier molecular flexibility index (Phi) is 2.81. The largest absolute Gasteiger partial charge is 0.468 e. The predicted molar refractivity (Wildman–Crippen MR) is 56.1 cm³/mol. The second kappa shape index (κ2) is 4.43. The topological polar surface area (TPSA) is 98.0 Å². The van der Waals surface area contributed by atoms with E-state index >= 15 is 0 Å². The van der Waals surface area contributed by atoms with E-state index in [0.717, 1.165) is 0 Å². The highest BCUT2D eigenvalue weighted by atomic mass is 16.5. The first-order valence-electron chi connectivity index (χ1n) is 4.57. The van der Waals surface area contributed by atoms with Crippen molar-refractivity contribution in [3.63, 3.8) is 0 Å². The zero-order chi connectivity index (χ0) is 11.4. The number of nitrogens with zero attached hydrogens (tertiary/aromatic N) is 2. The van der Waals surface area contributed by atoms with E-state index in [-0.39, 0.29) is 5.84 Å². The molecule has 6 heteroatoms. The van der Waals surface area contributed by atoms with Gasteiger partial charge in [-0.1, -0.05) is 0 Å². The van der Waals surface area contributed by atoms with Crippen LogP contribution in [0.15, 0.2) is 35.2 Å². The summed E-state index contributed by atoms with van der Waals surface area (Å²) >= 11 is 0. The molecule has 2 aromatic rings. The molecule has 0 amide bonds. The fourth-order valence-corrected chi connectivity index (χ4v) is 1.07. The maximum atomic E-state index is 7.14. The van der Waals surface area contributed by atoms with Gasteiger partial charge in [-0.15, -0.1) is 0 Å². The Morgan fingerprint density at radius 2 is 2.31 bits per heavy atom. The van der Waals surface area contributed by atoms with Gasteiger partial charge < -0.3 is 14.9 Å². The number of nitrogens with one attached hydrogen (secondary N) is 1. The van der Waals surface area contributed by atoms with Gasteiger partial charge in [-0.25, -0.2) is 9.97 Å². The van der Waals surface area contributed by atoms with Crippen LogP contribution in [0.4, 0.5) is 0 Å². The highest BCUT2D eigenvalue weighted by Gasteiger charge is 2.02. The summed E-state index contributed by atoms with van der Waals surface area (Å²) < 4.78 is 10.4. The summed E-state index contributed by atoms with van der Waals surface area (Å²) in [7, 11) is 0. The Morgan fingerprint density at radius 1 is 1.44 bits per heavy atom. The van der Waals surface area contributed by atoms with Crippen LogP contribution >= 0.6 is 0 Å². The molecule has 2 heterocycles. The quantitative estimate of drug-likeness (QED) is 0.587. The first-order chi connectivity index (χ1) is 7.75. The molecule has 0 aliphatic rings. The van der Waals surface area contributed by atoms with Crippen molar-refractivity contribution in [2.45, 2.75) is 6.61 Å². The SMILES string of the molecule is N=C(N)c1cnc(OCc2ccco2)cn1. The molecule has 0 saturated heterocycles. The van der Waals surface area contributed by atoms with E-state index in [1.807, 2.05) is 0 Å². The molecule has 0 aliphatic carbocycles. The summed E-state index contributed by atoms with van der Waals surface area (Å²) in [5, 5.41) is 7.14. The summed E-state index contributed by atoms with van der Waals surface area (Å²) in [6, 6.07) is 3.58. The van der Waals surface area contributed by atoms with Gasteiger partial charge in [0.25, 0.3) is 0 Å². The molecule has 0 aliphatic heterocycles. The van der Waals surface area contributed by atoms with Crippen LogP contribution in [-0.2, 0) is 6.61 Å². The van der Waals surface area contributed by atoms with Gasteiger partial charge in [0.2, 0.25) is 5.88 Å². The molecule has 3 N–H and O–H groups in total. The third-order valence-corrected chi connectivity index (χ3v) is 1.85. The molecule has 0 spiro atoms. The van der Waals surface area contributed by atoms with Crippen LogP contribution in [0.1, 0.15) is 11.5 Å². The van der Waals surface area contributed by atoms with E-state index in [4.69, 9.17) is 20.3 Å². The molecule has 0 radical (unpaired) electrons. The van der Waals surface area contributed by atoms with Gasteiger partial charge >= 0.3 is 0 Å². The highest BCUT2D eigenvalue weighted by Crippen LogP contribution is 2.08. The van der Waals surface area contributed by atoms with E-state index in [1.165, 1.54) is 12.4 Å². The van der Waals surface area contributed by atoms with Crippen molar-refractivity contribution < 1.29 is 9.15 Å². The number of aromatic nitrogens is 2. The van der Waals surface area contributed by atoms with Crippen molar-refractivity contribution in [2.24, 2.45) is 5.73 Å². The first-order valence-corrected chi connectivity index (χ1v) is 4.57. The van der Waals surface area contributed by atoms with E-state index in [2.05, 4.69) is 9.97 Å². The van der Waals surface area contributed by atoms with Crippen LogP contribution in [0.5, 0.6) is 5.88 Å². The number of hydrogen-bond donors (Lipinski definition) is 2. The predicted octanol–water partition coefficient (Wildman–Crippen LogP) is 0.933. The lowest BCUT2D eigenvalue weighted by Crippen LogP contribution is -2.13. The molecule has 0 unspecified atom stereocenters. The standard InChI is InChI=1S/C10H10N4O2/c11-10(12)8-4-14-9(5-13-8)16-6-7-2-1-3-15-7/h1-5H,6H2,(H3,11,12). The van der Waals surface area contributed by atoms with Crippen LogP contribution in [0, 0.1) is 5.41 Å². The summed E-state index contributed by atoms with van der Waals surface area (Å²) in [5.41, 5.74) is 5.56. The average Bonchev–Trinajstić information content (AvgIpc) is 2.80. The summed E-state index contributed by atoms with van der Waals surface area (Å²) in [5.74, 6) is 0.948. The highest BCUT2D eigenvalue weighted by molar-refractivity contribution is 5.92. The third kappa shape index (κ3) is 2.35. The Morgan fingerprint density at radius 3 is 2.88 bits per heavy atom. The van der Waals surface area contributed by atoms with E-state index in [9.17, 15) is 0 Å². The van der Waals surface area contributed by atoms with Crippen LogP contribution in [-0.4, -0.2) is 15.8 Å². The van der Waals surface area contributed by atoms with Crippen LogP contribution in [0.3, 0.4) is 0 Å². The molecule has 2 rings (SSSR count). The molecule has 2 aromatic heterocycles. The van der Waals surface area contributed by atoms with E-state index in [1.54, 1.807) is 18.4 Å². The fourth-order valence-electron chi connectivity index (χ4n) is 1.07. The minimum Gasteiger partial charge on any atom is -0.468 e. The third-order valence-electron chi connectivity index (χ3n) is 1.85. The molecule has 0 saturated carbocycles. The molecule has 0 bridgehead atoms. The van der Waals surface area contributed by atoms with Gasteiger partial charge in [0.05, 0.1) is 18.7 Å². The zero-order valence-electron chi connectivity index (χ0n) is 8.38. The number of nitrogens with two attached hydrogens (primary N) is 1. The monoisotopic (exact) mass is 218 g/mol. The van der Waals surface area contributed by atoms with Crippen molar-refractivity contribution in [3.05, 3.63) is 42.2 Å². The molecule has 82 valence electrons. The normalized spacial score (nSPS) is 10.0. The summed E-state index contributed by atoms with van der Waals surface area (Å²) in [6.07, 6.45) is 4.38. The van der Waals surface area contributed by atoms with Crippen molar-refractivity contribution in [1.82, 2.24) is 9.97 Å². The fraction of sp³-hybridized carbons (Fsp3) is 0.100. The van der Waals surface area contributed by atoms with Gasteiger partial charge in [-0.3, -0.25) is 5.41 Å². The molecule has 0 aromatic carbocycles. The molecule has 6 nitrogen and oxygen atoms in total. The molecule has 0 fully saturated rings. The Hall–Kier alpha value is -2.37. The van der Waals surface area contributed by atoms with Gasteiger partial charge in [0, 0.05) is 0 Å². The van der Waals surface area contributed by atoms with Crippen molar-refractivity contribution in [2.75, 3.05) is 0 Å². The zero-order valence-corrected chi connectivity index (χ0v) is 8.38. The van der Waals surface area contributed by atoms with Crippen molar-refractivity contribution in [3.8, 4) is 5.88 Å². The van der Waals surface area contributed by atoms with Crippen molar-refractivity contribution in [1.29, 1.82) is 5.41 Å². The lowest BCUT2D eigenvalue weighted by molar-refractivity contribution is 0.259.